The van der Waals surface area contributed by atoms with E-state index in [2.05, 4.69) is 17.5 Å². The minimum Gasteiger partial charge on any atom is -0.444 e. The van der Waals surface area contributed by atoms with Crippen molar-refractivity contribution in [2.24, 2.45) is 5.92 Å². The van der Waals surface area contributed by atoms with Crippen molar-refractivity contribution in [3.63, 3.8) is 0 Å². The zero-order valence-corrected chi connectivity index (χ0v) is 22.3. The molecule has 0 radical (unpaired) electrons. The molecule has 200 valence electrons. The molecular formula is C28H34N6O4. The van der Waals surface area contributed by atoms with Crippen molar-refractivity contribution in [1.82, 2.24) is 20.0 Å². The van der Waals surface area contributed by atoms with Gasteiger partial charge in [0.2, 0.25) is 11.8 Å². The Morgan fingerprint density at radius 2 is 1.97 bits per heavy atom. The van der Waals surface area contributed by atoms with Crippen LogP contribution in [0.1, 0.15) is 64.1 Å². The Labute approximate surface area is 223 Å². The van der Waals surface area contributed by atoms with Gasteiger partial charge in [0.25, 0.3) is 0 Å². The molecule has 3 saturated heterocycles. The van der Waals surface area contributed by atoms with E-state index in [1.807, 2.05) is 34.9 Å². The van der Waals surface area contributed by atoms with E-state index in [9.17, 15) is 24.9 Å². The number of rotatable bonds is 6. The fraction of sp³-hybridized carbons (Fsp3) is 0.607. The molecule has 4 aliphatic rings. The zero-order chi connectivity index (χ0) is 27.4. The van der Waals surface area contributed by atoms with Gasteiger partial charge >= 0.3 is 6.09 Å². The first-order valence-electron chi connectivity index (χ1n) is 13.3. The van der Waals surface area contributed by atoms with E-state index in [-0.39, 0.29) is 36.5 Å². The summed E-state index contributed by atoms with van der Waals surface area (Å²) < 4.78 is 5.43. The Balaban J connectivity index is 1.31. The summed E-state index contributed by atoms with van der Waals surface area (Å²) in [5, 5.41) is 21.6. The molecule has 2 bridgehead atoms. The van der Waals surface area contributed by atoms with Gasteiger partial charge in [-0.1, -0.05) is 12.1 Å². The predicted octanol–water partition coefficient (Wildman–Crippen LogP) is 2.31. The third-order valence-electron chi connectivity index (χ3n) is 8.14. The van der Waals surface area contributed by atoms with Crippen molar-refractivity contribution < 1.29 is 19.1 Å². The predicted molar refractivity (Wildman–Crippen MR) is 136 cm³/mol. The van der Waals surface area contributed by atoms with Crippen LogP contribution in [0.5, 0.6) is 0 Å². The van der Waals surface area contributed by atoms with Gasteiger partial charge < -0.3 is 19.9 Å². The minimum absolute atomic E-state index is 0.0158. The molecule has 1 aromatic carbocycles. The molecule has 0 unspecified atom stereocenters. The van der Waals surface area contributed by atoms with Crippen LogP contribution in [0.25, 0.3) is 0 Å². The molecule has 5 rings (SSSR count). The molecule has 10 heteroatoms. The number of fused-ring (bicyclic) bond motifs is 3. The lowest BCUT2D eigenvalue weighted by atomic mass is 10.0. The number of benzene rings is 1. The fourth-order valence-corrected chi connectivity index (χ4v) is 6.37. The molecular weight excluding hydrogens is 484 g/mol. The number of carbonyl (C=O) groups is 3. The number of carbonyl (C=O) groups excluding carboxylic acids is 3. The molecule has 10 nitrogen and oxygen atoms in total. The van der Waals surface area contributed by atoms with Crippen LogP contribution < -0.4 is 5.32 Å². The number of hydrogen-bond donors (Lipinski definition) is 1. The molecule has 1 saturated carbocycles. The largest absolute Gasteiger partial charge is 0.444 e. The van der Waals surface area contributed by atoms with Gasteiger partial charge in [0.05, 0.1) is 29.8 Å². The molecule has 3 heterocycles. The third kappa shape index (κ3) is 4.81. The van der Waals surface area contributed by atoms with Crippen molar-refractivity contribution >= 4 is 17.9 Å². The number of nitriles is 2. The van der Waals surface area contributed by atoms with Crippen LogP contribution >= 0.6 is 0 Å². The van der Waals surface area contributed by atoms with E-state index >= 15 is 0 Å². The van der Waals surface area contributed by atoms with Gasteiger partial charge in [-0.3, -0.25) is 14.5 Å². The van der Waals surface area contributed by atoms with Gasteiger partial charge in [0.15, 0.2) is 0 Å². The summed E-state index contributed by atoms with van der Waals surface area (Å²) in [5.41, 5.74) is 0.731. The Kier molecular flexibility index (Phi) is 6.56. The van der Waals surface area contributed by atoms with Gasteiger partial charge in [-0.05, 0) is 70.6 Å². The van der Waals surface area contributed by atoms with Crippen molar-refractivity contribution in [3.8, 4) is 12.1 Å². The lowest BCUT2D eigenvalue weighted by Gasteiger charge is -2.39. The maximum absolute atomic E-state index is 13.7. The molecule has 4 fully saturated rings. The highest BCUT2D eigenvalue weighted by molar-refractivity contribution is 5.89. The van der Waals surface area contributed by atoms with Gasteiger partial charge in [-0.15, -0.1) is 0 Å². The van der Waals surface area contributed by atoms with Crippen LogP contribution in [-0.4, -0.2) is 81.5 Å². The average molecular weight is 519 g/mol. The van der Waals surface area contributed by atoms with E-state index in [1.165, 1.54) is 0 Å². The number of ether oxygens (including phenoxy) is 1. The second kappa shape index (κ2) is 9.59. The second-order valence-corrected chi connectivity index (χ2v) is 11.9. The first kappa shape index (κ1) is 26.0. The molecule has 1 aliphatic carbocycles. The normalized spacial score (nSPS) is 29.3. The lowest BCUT2D eigenvalue weighted by molar-refractivity contribution is -0.141. The summed E-state index contributed by atoms with van der Waals surface area (Å²) in [6.45, 7) is 7.98. The molecule has 1 aromatic rings. The van der Waals surface area contributed by atoms with Crippen LogP contribution in [-0.2, 0) is 14.3 Å². The maximum atomic E-state index is 13.7. The zero-order valence-electron chi connectivity index (χ0n) is 22.3. The molecule has 3 amide bonds. The minimum atomic E-state index is -0.926. The van der Waals surface area contributed by atoms with Crippen molar-refractivity contribution in [3.05, 3.63) is 35.4 Å². The average Bonchev–Trinajstić information content (AvgIpc) is 3.19. The van der Waals surface area contributed by atoms with E-state index in [4.69, 9.17) is 4.74 Å². The molecule has 1 N–H and O–H groups in total. The highest BCUT2D eigenvalue weighted by Gasteiger charge is 2.56. The van der Waals surface area contributed by atoms with Crippen LogP contribution in [0.4, 0.5) is 4.79 Å². The smallest absolute Gasteiger partial charge is 0.408 e. The molecule has 38 heavy (non-hydrogen) atoms. The third-order valence-corrected chi connectivity index (χ3v) is 8.14. The van der Waals surface area contributed by atoms with Gasteiger partial charge in [-0.2, -0.15) is 10.5 Å². The van der Waals surface area contributed by atoms with Crippen LogP contribution in [0.2, 0.25) is 0 Å². The summed E-state index contributed by atoms with van der Waals surface area (Å²) in [6.07, 6.45) is 1.50. The quantitative estimate of drug-likeness (QED) is 0.612. The summed E-state index contributed by atoms with van der Waals surface area (Å²) in [4.78, 5) is 45.4. The number of amides is 3. The van der Waals surface area contributed by atoms with E-state index in [0.29, 0.717) is 30.9 Å². The fourth-order valence-electron chi connectivity index (χ4n) is 6.37. The summed E-state index contributed by atoms with van der Waals surface area (Å²) in [6, 6.07) is 9.72. The Hall–Kier alpha value is -3.63. The number of hydrogen-bond acceptors (Lipinski definition) is 7. The standard InChI is InChI=1S/C28H34N6O4/c1-16(18-7-5-6-17(8-18)12-29)33-21-11-24(26(33)36)32(14-21)15-22(31-27(37)38-28(2,3)4)25(35)34-20(13-30)9-19-10-23(19)34/h5-8,16,19-24H,9-11,14-15H2,1-4H3,(H,31,37)/t16-,19+,20-,21-,22-,23-,24-/m0/s1. The maximum Gasteiger partial charge on any atom is 0.408 e. The number of alkyl carbamates (subject to hydrolysis) is 1. The van der Waals surface area contributed by atoms with Crippen LogP contribution in [0, 0.1) is 28.6 Å². The number of likely N-dealkylation sites (tertiary alicyclic amines) is 3. The highest BCUT2D eigenvalue weighted by Crippen LogP contribution is 2.48. The molecule has 0 spiro atoms. The summed E-state index contributed by atoms with van der Waals surface area (Å²) in [5.74, 6) is 0.0452. The van der Waals surface area contributed by atoms with Gasteiger partial charge in [0.1, 0.15) is 17.7 Å². The van der Waals surface area contributed by atoms with Gasteiger partial charge in [-0.25, -0.2) is 4.79 Å². The van der Waals surface area contributed by atoms with Gasteiger partial charge in [0, 0.05) is 25.2 Å². The van der Waals surface area contributed by atoms with E-state index in [0.717, 1.165) is 12.0 Å². The molecule has 3 aliphatic heterocycles. The van der Waals surface area contributed by atoms with Crippen molar-refractivity contribution in [2.75, 3.05) is 13.1 Å². The second-order valence-electron chi connectivity index (χ2n) is 11.9. The number of piperazine rings is 1. The number of nitrogens with zero attached hydrogens (tertiary/aromatic N) is 5. The highest BCUT2D eigenvalue weighted by atomic mass is 16.6. The molecule has 0 aromatic heterocycles. The monoisotopic (exact) mass is 518 g/mol. The summed E-state index contributed by atoms with van der Waals surface area (Å²) in [7, 11) is 0. The lowest BCUT2D eigenvalue weighted by Crippen LogP contribution is -2.59. The topological polar surface area (TPSA) is 130 Å². The van der Waals surface area contributed by atoms with Crippen molar-refractivity contribution in [1.29, 1.82) is 10.5 Å². The summed E-state index contributed by atoms with van der Waals surface area (Å²) >= 11 is 0. The van der Waals surface area contributed by atoms with Crippen LogP contribution in [0.15, 0.2) is 24.3 Å². The first-order valence-corrected chi connectivity index (χ1v) is 13.3. The molecule has 7 atom stereocenters. The Bertz CT molecular complexity index is 1230. The Morgan fingerprint density at radius 3 is 2.63 bits per heavy atom. The van der Waals surface area contributed by atoms with E-state index < -0.39 is 29.8 Å². The van der Waals surface area contributed by atoms with Crippen molar-refractivity contribution in [2.45, 2.75) is 88.8 Å². The number of nitrogens with one attached hydrogen (secondary N) is 1. The SMILES string of the molecule is C[C@@H](c1cccc(C#N)c1)N1C(=O)[C@@H]2C[C@H]1CN2C[C@H](NC(=O)OC(C)(C)C)C(=O)N1[C@H](C#N)C[C@@H]2C[C@@H]21. The van der Waals surface area contributed by atoms with Crippen LogP contribution in [0.3, 0.4) is 0 Å². The van der Waals surface area contributed by atoms with E-state index in [1.54, 1.807) is 31.7 Å². The Morgan fingerprint density at radius 1 is 1.21 bits per heavy atom. The number of piperidine rings is 1. The first-order chi connectivity index (χ1) is 18.0.